The second-order valence-corrected chi connectivity index (χ2v) is 2.99. The Labute approximate surface area is 87.8 Å². The number of hydrogen-bond acceptors (Lipinski definition) is 4. The average Bonchev–Trinajstić information content (AvgIpc) is 2.15. The molecule has 1 unspecified atom stereocenters. The summed E-state index contributed by atoms with van der Waals surface area (Å²) < 4.78 is 0. The van der Waals surface area contributed by atoms with Gasteiger partial charge in [-0.05, 0) is 25.0 Å². The Morgan fingerprint density at radius 2 is 2.00 bits per heavy atom. The molecule has 0 saturated heterocycles. The van der Waals surface area contributed by atoms with Crippen LogP contribution in [0.2, 0.25) is 0 Å². The molecule has 0 aromatic heterocycles. The van der Waals surface area contributed by atoms with Crippen LogP contribution in [-0.4, -0.2) is 27.3 Å². The first-order valence-corrected chi connectivity index (χ1v) is 4.31. The molecule has 0 aliphatic rings. The maximum absolute atomic E-state index is 10.5. The van der Waals surface area contributed by atoms with E-state index in [-0.39, 0.29) is 6.42 Å². The number of carboxylic acids is 1. The van der Waals surface area contributed by atoms with Gasteiger partial charge in [-0.25, -0.2) is 0 Å². The zero-order chi connectivity index (χ0) is 12.0. The number of rotatable bonds is 5. The molecule has 15 heavy (non-hydrogen) atoms. The van der Waals surface area contributed by atoms with Crippen LogP contribution in [0.1, 0.15) is 13.3 Å². The first-order chi connectivity index (χ1) is 6.88. The third-order valence-electron chi connectivity index (χ3n) is 1.76. The lowest BCUT2D eigenvalue weighted by molar-refractivity contribution is -0.138. The first-order valence-electron chi connectivity index (χ1n) is 4.31. The van der Waals surface area contributed by atoms with Crippen LogP contribution in [0.5, 0.6) is 0 Å². The molecule has 0 aromatic carbocycles. The van der Waals surface area contributed by atoms with Gasteiger partial charge in [-0.2, -0.15) is 0 Å². The van der Waals surface area contributed by atoms with Crippen molar-refractivity contribution in [2.45, 2.75) is 19.4 Å². The summed E-state index contributed by atoms with van der Waals surface area (Å²) in [5, 5.41) is 26.6. The lowest BCUT2D eigenvalue weighted by Gasteiger charge is -2.07. The van der Waals surface area contributed by atoms with Crippen LogP contribution in [-0.2, 0) is 4.79 Å². The van der Waals surface area contributed by atoms with Gasteiger partial charge in [0.1, 0.15) is 11.8 Å². The molecular weight excluding hydrogens is 198 g/mol. The van der Waals surface area contributed by atoms with Crippen molar-refractivity contribution in [3.8, 4) is 0 Å². The maximum Gasteiger partial charge on any atom is 0.320 e. The Kier molecular flexibility index (Phi) is 5.19. The van der Waals surface area contributed by atoms with Crippen molar-refractivity contribution in [3.05, 3.63) is 35.8 Å². The Morgan fingerprint density at radius 3 is 2.33 bits per heavy atom. The fourth-order valence-corrected chi connectivity index (χ4v) is 0.860. The van der Waals surface area contributed by atoms with Crippen molar-refractivity contribution in [1.29, 1.82) is 0 Å². The van der Waals surface area contributed by atoms with Gasteiger partial charge in [-0.1, -0.05) is 12.7 Å². The molecular formula is C10H15NO4. The van der Waals surface area contributed by atoms with Gasteiger partial charge in [0, 0.05) is 0 Å². The lowest BCUT2D eigenvalue weighted by atomic mass is 10.1. The number of aliphatic hydroxyl groups is 2. The molecule has 0 rings (SSSR count). The van der Waals surface area contributed by atoms with Crippen molar-refractivity contribution in [3.63, 3.8) is 0 Å². The van der Waals surface area contributed by atoms with Crippen molar-refractivity contribution in [2.24, 2.45) is 5.73 Å². The van der Waals surface area contributed by atoms with Gasteiger partial charge in [0.05, 0.1) is 0 Å². The largest absolute Gasteiger partial charge is 0.505 e. The molecule has 0 aromatic rings. The molecule has 0 amide bonds. The van der Waals surface area contributed by atoms with Crippen LogP contribution < -0.4 is 5.73 Å². The summed E-state index contributed by atoms with van der Waals surface area (Å²) in [7, 11) is 0. The highest BCUT2D eigenvalue weighted by atomic mass is 16.4. The fourth-order valence-electron chi connectivity index (χ4n) is 0.860. The van der Waals surface area contributed by atoms with E-state index in [4.69, 9.17) is 21.1 Å². The van der Waals surface area contributed by atoms with Gasteiger partial charge in [0.2, 0.25) is 0 Å². The van der Waals surface area contributed by atoms with E-state index >= 15 is 0 Å². The van der Waals surface area contributed by atoms with Gasteiger partial charge in [0.25, 0.3) is 0 Å². The minimum atomic E-state index is -1.12. The summed E-state index contributed by atoms with van der Waals surface area (Å²) in [6.07, 6.45) is 2.90. The summed E-state index contributed by atoms with van der Waals surface area (Å²) in [5.41, 5.74) is 5.82. The average molecular weight is 213 g/mol. The number of hydrogen-bond donors (Lipinski definition) is 4. The van der Waals surface area contributed by atoms with Gasteiger partial charge < -0.3 is 21.1 Å². The van der Waals surface area contributed by atoms with Crippen LogP contribution in [0.15, 0.2) is 35.8 Å². The Hall–Kier alpha value is -1.75. The number of allylic oxidation sites excluding steroid dienone is 2. The third-order valence-corrected chi connectivity index (χ3v) is 1.76. The Morgan fingerprint density at radius 1 is 1.47 bits per heavy atom. The van der Waals surface area contributed by atoms with Crippen LogP contribution in [0.25, 0.3) is 0 Å². The number of aliphatic carboxylic acids is 1. The molecule has 5 heteroatoms. The van der Waals surface area contributed by atoms with E-state index < -0.39 is 23.5 Å². The molecule has 5 nitrogen and oxygen atoms in total. The van der Waals surface area contributed by atoms with Gasteiger partial charge in [0.15, 0.2) is 5.76 Å². The molecule has 0 spiro atoms. The van der Waals surface area contributed by atoms with E-state index in [0.29, 0.717) is 5.57 Å². The number of carboxylic acid groups (broad SMARTS) is 1. The van der Waals surface area contributed by atoms with Gasteiger partial charge >= 0.3 is 5.97 Å². The molecule has 0 aliphatic carbocycles. The second kappa shape index (κ2) is 5.87. The fraction of sp³-hybridized carbons (Fsp3) is 0.300. The summed E-state index contributed by atoms with van der Waals surface area (Å²) >= 11 is 0. The van der Waals surface area contributed by atoms with E-state index in [1.807, 2.05) is 0 Å². The van der Waals surface area contributed by atoms with Crippen LogP contribution in [0.4, 0.5) is 0 Å². The molecule has 0 aliphatic heterocycles. The summed E-state index contributed by atoms with van der Waals surface area (Å²) in [6, 6.07) is -1.03. The number of carbonyl (C=O) groups is 1. The minimum absolute atomic E-state index is 0.0726. The molecule has 0 bridgehead atoms. The monoisotopic (exact) mass is 213 g/mol. The highest BCUT2D eigenvalue weighted by Gasteiger charge is 2.12. The standard InChI is InChI=1S/C10H15NO4/c1-3-7(4-8(11)10(14)15)5-9(13)6(2)12/h3,5,8,12-13H,2,4,11H2,1H3,(H,14,15)/b7-3-,9-5+. The van der Waals surface area contributed by atoms with Crippen molar-refractivity contribution in [1.82, 2.24) is 0 Å². The molecule has 1 atom stereocenters. The number of nitrogens with two attached hydrogens (primary N) is 1. The lowest BCUT2D eigenvalue weighted by Crippen LogP contribution is -2.30. The van der Waals surface area contributed by atoms with Crippen LogP contribution in [0, 0.1) is 0 Å². The van der Waals surface area contributed by atoms with Gasteiger partial charge in [-0.15, -0.1) is 0 Å². The molecule has 0 radical (unpaired) electrons. The highest BCUT2D eigenvalue weighted by Crippen LogP contribution is 2.11. The predicted molar refractivity (Wildman–Crippen MR) is 56.5 cm³/mol. The predicted octanol–water partition coefficient (Wildman–Crippen LogP) is 1.25. The van der Waals surface area contributed by atoms with Gasteiger partial charge in [-0.3, -0.25) is 4.79 Å². The zero-order valence-corrected chi connectivity index (χ0v) is 8.47. The third kappa shape index (κ3) is 4.87. The van der Waals surface area contributed by atoms with E-state index in [2.05, 4.69) is 6.58 Å². The Balaban J connectivity index is 4.61. The smallest absolute Gasteiger partial charge is 0.320 e. The summed E-state index contributed by atoms with van der Waals surface area (Å²) in [6.45, 7) is 4.79. The number of aliphatic hydroxyl groups excluding tert-OH is 2. The SMILES string of the molecule is C=C(O)/C(O)=C\C(=C/C)CC(N)C(=O)O. The second-order valence-electron chi connectivity index (χ2n) is 2.99. The highest BCUT2D eigenvalue weighted by molar-refractivity contribution is 5.73. The zero-order valence-electron chi connectivity index (χ0n) is 8.47. The molecule has 0 saturated carbocycles. The molecule has 5 N–H and O–H groups in total. The quantitative estimate of drug-likeness (QED) is 0.406. The van der Waals surface area contributed by atoms with Crippen molar-refractivity contribution < 1.29 is 20.1 Å². The van der Waals surface area contributed by atoms with Crippen molar-refractivity contribution >= 4 is 5.97 Å². The molecule has 0 heterocycles. The van der Waals surface area contributed by atoms with Crippen LogP contribution in [0.3, 0.4) is 0 Å². The Bertz CT molecular complexity index is 317. The summed E-state index contributed by atoms with van der Waals surface area (Å²) in [4.78, 5) is 10.5. The maximum atomic E-state index is 10.5. The molecule has 84 valence electrons. The van der Waals surface area contributed by atoms with E-state index in [1.165, 1.54) is 6.08 Å². The molecule has 0 fully saturated rings. The minimum Gasteiger partial charge on any atom is -0.505 e. The topological polar surface area (TPSA) is 104 Å². The summed E-state index contributed by atoms with van der Waals surface area (Å²) in [5.74, 6) is -2.00. The normalized spacial score (nSPS) is 14.8. The van der Waals surface area contributed by atoms with Crippen LogP contribution >= 0.6 is 0 Å². The van der Waals surface area contributed by atoms with E-state index in [0.717, 1.165) is 0 Å². The van der Waals surface area contributed by atoms with E-state index in [1.54, 1.807) is 13.0 Å². The van der Waals surface area contributed by atoms with Crippen molar-refractivity contribution in [2.75, 3.05) is 0 Å². The van der Waals surface area contributed by atoms with E-state index in [9.17, 15) is 4.79 Å². The first kappa shape index (κ1) is 13.2.